The molecule has 1 amide bonds. The molecule has 0 unspecified atom stereocenters. The van der Waals surface area contributed by atoms with Crippen LogP contribution in [-0.2, 0) is 0 Å². The van der Waals surface area contributed by atoms with E-state index in [4.69, 9.17) is 4.74 Å². The van der Waals surface area contributed by atoms with Crippen LogP contribution in [0, 0.1) is 11.6 Å². The average Bonchev–Trinajstić information content (AvgIpc) is 2.34. The van der Waals surface area contributed by atoms with Crippen molar-refractivity contribution in [2.24, 2.45) is 0 Å². The summed E-state index contributed by atoms with van der Waals surface area (Å²) in [6.07, 6.45) is -0.841. The van der Waals surface area contributed by atoms with Gasteiger partial charge in [0.2, 0.25) is 0 Å². The van der Waals surface area contributed by atoms with E-state index in [2.05, 4.69) is 5.32 Å². The van der Waals surface area contributed by atoms with Crippen LogP contribution in [-0.4, -0.2) is 6.09 Å². The molecule has 0 bridgehead atoms. The zero-order valence-corrected chi connectivity index (χ0v) is 9.19. The largest absolute Gasteiger partial charge is 0.417 e. The van der Waals surface area contributed by atoms with Gasteiger partial charge in [-0.1, -0.05) is 18.2 Å². The van der Waals surface area contributed by atoms with Gasteiger partial charge in [0, 0.05) is 6.07 Å². The highest BCUT2D eigenvalue weighted by Gasteiger charge is 2.09. The molecule has 0 atom stereocenters. The molecule has 0 saturated carbocycles. The summed E-state index contributed by atoms with van der Waals surface area (Å²) in [6, 6.07) is 11.2. The highest BCUT2D eigenvalue weighted by atomic mass is 19.1. The highest BCUT2D eigenvalue weighted by molar-refractivity contribution is 5.86. The van der Waals surface area contributed by atoms with Crippen molar-refractivity contribution in [3.05, 3.63) is 60.2 Å². The average molecular weight is 249 g/mol. The predicted octanol–water partition coefficient (Wildman–Crippen LogP) is 3.58. The molecule has 2 aromatic carbocycles. The molecule has 2 aromatic rings. The first kappa shape index (κ1) is 12.0. The van der Waals surface area contributed by atoms with Gasteiger partial charge in [-0.2, -0.15) is 0 Å². The first-order chi connectivity index (χ1) is 8.65. The normalized spacial score (nSPS) is 9.89. The fourth-order valence-corrected chi connectivity index (χ4v) is 1.32. The van der Waals surface area contributed by atoms with Crippen molar-refractivity contribution in [2.75, 3.05) is 5.32 Å². The molecule has 3 nitrogen and oxygen atoms in total. The lowest BCUT2D eigenvalue weighted by Gasteiger charge is -2.07. The molecular weight excluding hydrogens is 240 g/mol. The molecule has 0 aliphatic heterocycles. The fraction of sp³-hybridized carbons (Fsp3) is 0. The first-order valence-corrected chi connectivity index (χ1v) is 5.14. The third kappa shape index (κ3) is 3.04. The Hall–Kier alpha value is -2.43. The van der Waals surface area contributed by atoms with Gasteiger partial charge in [0.1, 0.15) is 17.4 Å². The number of rotatable bonds is 2. The van der Waals surface area contributed by atoms with Crippen molar-refractivity contribution in [3.8, 4) is 5.75 Å². The van der Waals surface area contributed by atoms with Crippen LogP contribution >= 0.6 is 0 Å². The molecular formula is C13H9F2NO2. The van der Waals surface area contributed by atoms with E-state index in [9.17, 15) is 13.6 Å². The van der Waals surface area contributed by atoms with Crippen molar-refractivity contribution in [3.63, 3.8) is 0 Å². The molecule has 0 saturated heterocycles. The Kier molecular flexibility index (Phi) is 3.52. The van der Waals surface area contributed by atoms with Gasteiger partial charge >= 0.3 is 6.09 Å². The maximum Gasteiger partial charge on any atom is 0.417 e. The fourth-order valence-electron chi connectivity index (χ4n) is 1.32. The molecule has 0 aliphatic carbocycles. The maximum atomic E-state index is 13.2. The SMILES string of the molecule is O=C(Nc1ccc(F)cc1F)Oc1ccccc1. The minimum atomic E-state index is -0.861. The van der Waals surface area contributed by atoms with E-state index < -0.39 is 17.7 Å². The highest BCUT2D eigenvalue weighted by Crippen LogP contribution is 2.16. The number of benzene rings is 2. The maximum absolute atomic E-state index is 13.2. The standard InChI is InChI=1S/C13H9F2NO2/c14-9-6-7-12(11(15)8-9)16-13(17)18-10-4-2-1-3-5-10/h1-8H,(H,16,17). The number of nitrogens with one attached hydrogen (secondary N) is 1. The van der Waals surface area contributed by atoms with Gasteiger partial charge in [-0.3, -0.25) is 5.32 Å². The summed E-state index contributed by atoms with van der Waals surface area (Å²) in [6.45, 7) is 0. The molecule has 92 valence electrons. The van der Waals surface area contributed by atoms with Crippen LogP contribution in [0.25, 0.3) is 0 Å². The molecule has 1 N–H and O–H groups in total. The number of anilines is 1. The van der Waals surface area contributed by atoms with Gasteiger partial charge < -0.3 is 4.74 Å². The minimum Gasteiger partial charge on any atom is -0.410 e. The number of hydrogen-bond acceptors (Lipinski definition) is 2. The monoisotopic (exact) mass is 249 g/mol. The lowest BCUT2D eigenvalue weighted by molar-refractivity contribution is 0.215. The van der Waals surface area contributed by atoms with E-state index in [0.29, 0.717) is 11.8 Å². The van der Waals surface area contributed by atoms with Gasteiger partial charge in [0.25, 0.3) is 0 Å². The van der Waals surface area contributed by atoms with Gasteiger partial charge in [-0.05, 0) is 24.3 Å². The van der Waals surface area contributed by atoms with E-state index in [0.717, 1.165) is 12.1 Å². The number of para-hydroxylation sites is 1. The van der Waals surface area contributed by atoms with Gasteiger partial charge in [-0.25, -0.2) is 13.6 Å². The number of hydrogen-bond donors (Lipinski definition) is 1. The van der Waals surface area contributed by atoms with E-state index in [1.54, 1.807) is 30.3 Å². The summed E-state index contributed by atoms with van der Waals surface area (Å²) in [4.78, 5) is 11.4. The molecule has 18 heavy (non-hydrogen) atoms. The predicted molar refractivity (Wildman–Crippen MR) is 62.4 cm³/mol. The number of ether oxygens (including phenoxy) is 1. The van der Waals surface area contributed by atoms with Crippen LogP contribution in [0.15, 0.2) is 48.5 Å². The first-order valence-electron chi connectivity index (χ1n) is 5.14. The summed E-state index contributed by atoms with van der Waals surface area (Å²) in [5.74, 6) is -1.24. The second-order valence-corrected chi connectivity index (χ2v) is 3.45. The molecule has 0 spiro atoms. The van der Waals surface area contributed by atoms with Crippen LogP contribution in [0.1, 0.15) is 0 Å². The molecule has 0 radical (unpaired) electrons. The number of carbonyl (C=O) groups is 1. The Labute approximate surface area is 102 Å². The quantitative estimate of drug-likeness (QED) is 0.883. The van der Waals surface area contributed by atoms with Crippen LogP contribution < -0.4 is 10.1 Å². The number of halogens is 2. The van der Waals surface area contributed by atoms with Crippen molar-refractivity contribution in [1.82, 2.24) is 0 Å². The van der Waals surface area contributed by atoms with Crippen molar-refractivity contribution >= 4 is 11.8 Å². The van der Waals surface area contributed by atoms with Crippen molar-refractivity contribution in [2.45, 2.75) is 0 Å². The lowest BCUT2D eigenvalue weighted by atomic mass is 10.3. The third-order valence-corrected chi connectivity index (χ3v) is 2.12. The Morgan fingerprint density at radius 1 is 1.06 bits per heavy atom. The van der Waals surface area contributed by atoms with Crippen LogP contribution in [0.5, 0.6) is 5.75 Å². The van der Waals surface area contributed by atoms with E-state index in [1.165, 1.54) is 0 Å². The zero-order chi connectivity index (χ0) is 13.0. The Balaban J connectivity index is 2.03. The Morgan fingerprint density at radius 3 is 2.44 bits per heavy atom. The topological polar surface area (TPSA) is 38.3 Å². The summed E-state index contributed by atoms with van der Waals surface area (Å²) >= 11 is 0. The van der Waals surface area contributed by atoms with Crippen LogP contribution in [0.2, 0.25) is 0 Å². The van der Waals surface area contributed by atoms with Crippen LogP contribution in [0.4, 0.5) is 19.3 Å². The summed E-state index contributed by atoms with van der Waals surface area (Å²) in [5, 5.41) is 2.18. The molecule has 2 rings (SSSR count). The smallest absolute Gasteiger partial charge is 0.410 e. The molecule has 0 aromatic heterocycles. The zero-order valence-electron chi connectivity index (χ0n) is 9.19. The van der Waals surface area contributed by atoms with Crippen molar-refractivity contribution in [1.29, 1.82) is 0 Å². The lowest BCUT2D eigenvalue weighted by Crippen LogP contribution is -2.17. The second-order valence-electron chi connectivity index (χ2n) is 3.45. The van der Waals surface area contributed by atoms with E-state index in [1.807, 2.05) is 0 Å². The Morgan fingerprint density at radius 2 is 1.78 bits per heavy atom. The molecule has 0 heterocycles. The summed E-state index contributed by atoms with van der Waals surface area (Å²) in [7, 11) is 0. The molecule has 5 heteroatoms. The van der Waals surface area contributed by atoms with E-state index in [-0.39, 0.29) is 5.69 Å². The van der Waals surface area contributed by atoms with Crippen molar-refractivity contribution < 1.29 is 18.3 Å². The second kappa shape index (κ2) is 5.27. The van der Waals surface area contributed by atoms with E-state index >= 15 is 0 Å². The Bertz CT molecular complexity index is 558. The number of amides is 1. The van der Waals surface area contributed by atoms with Gasteiger partial charge in [-0.15, -0.1) is 0 Å². The summed E-state index contributed by atoms with van der Waals surface area (Å²) in [5.41, 5.74) is -0.141. The number of carbonyl (C=O) groups excluding carboxylic acids is 1. The van der Waals surface area contributed by atoms with Gasteiger partial charge in [0.15, 0.2) is 0 Å². The molecule has 0 fully saturated rings. The minimum absolute atomic E-state index is 0.141. The third-order valence-electron chi connectivity index (χ3n) is 2.12. The summed E-state index contributed by atoms with van der Waals surface area (Å²) < 4.78 is 30.8. The van der Waals surface area contributed by atoms with Gasteiger partial charge in [0.05, 0.1) is 5.69 Å². The van der Waals surface area contributed by atoms with Crippen LogP contribution in [0.3, 0.4) is 0 Å². The molecule has 0 aliphatic rings.